The van der Waals surface area contributed by atoms with Crippen LogP contribution in [0.5, 0.6) is 0 Å². The van der Waals surface area contributed by atoms with E-state index >= 15 is 0 Å². The van der Waals surface area contributed by atoms with Gasteiger partial charge in [0.2, 0.25) is 11.8 Å². The maximum absolute atomic E-state index is 5.82. The third-order valence-electron chi connectivity index (χ3n) is 3.69. The van der Waals surface area contributed by atoms with Gasteiger partial charge in [-0.2, -0.15) is 0 Å². The van der Waals surface area contributed by atoms with Crippen LogP contribution < -0.4 is 0 Å². The molecule has 0 aliphatic carbocycles. The Labute approximate surface area is 118 Å². The third-order valence-corrected chi connectivity index (χ3v) is 3.69. The van der Waals surface area contributed by atoms with Crippen molar-refractivity contribution in [1.82, 2.24) is 15.2 Å². The predicted octanol–water partition coefficient (Wildman–Crippen LogP) is 2.90. The maximum atomic E-state index is 5.82. The molecule has 1 aliphatic rings. The van der Waals surface area contributed by atoms with Crippen LogP contribution in [0.25, 0.3) is 11.5 Å². The molecule has 0 amide bonds. The smallest absolute Gasteiger partial charge is 0.249 e. The lowest BCUT2D eigenvalue weighted by atomic mass is 10.0. The van der Waals surface area contributed by atoms with E-state index in [0.717, 1.165) is 42.8 Å². The van der Waals surface area contributed by atoms with Crippen molar-refractivity contribution in [3.05, 3.63) is 29.4 Å². The predicted molar refractivity (Wildman–Crippen MR) is 74.4 cm³/mol. The molecule has 1 fully saturated rings. The van der Waals surface area contributed by atoms with Crippen molar-refractivity contribution < 1.29 is 9.15 Å². The van der Waals surface area contributed by atoms with Gasteiger partial charge in [-0.1, -0.05) is 6.92 Å². The number of pyridine rings is 1. The number of nitrogens with zero attached hydrogens (tertiary/aromatic N) is 3. The molecule has 2 aromatic heterocycles. The van der Waals surface area contributed by atoms with Gasteiger partial charge in [-0.3, -0.25) is 4.98 Å². The molecule has 1 atom stereocenters. The van der Waals surface area contributed by atoms with E-state index in [1.54, 1.807) is 0 Å². The minimum atomic E-state index is 0.230. The van der Waals surface area contributed by atoms with E-state index in [2.05, 4.69) is 22.1 Å². The summed E-state index contributed by atoms with van der Waals surface area (Å²) in [5, 5.41) is 8.34. The molecule has 0 bridgehead atoms. The first-order valence-corrected chi connectivity index (χ1v) is 7.16. The van der Waals surface area contributed by atoms with Crippen LogP contribution in [0.2, 0.25) is 0 Å². The number of hydrogen-bond donors (Lipinski definition) is 0. The number of aromatic nitrogens is 3. The third kappa shape index (κ3) is 2.58. The Morgan fingerprint density at radius 3 is 2.90 bits per heavy atom. The Morgan fingerprint density at radius 1 is 1.30 bits per heavy atom. The van der Waals surface area contributed by atoms with E-state index in [9.17, 15) is 0 Å². The van der Waals surface area contributed by atoms with Gasteiger partial charge in [-0.05, 0) is 38.3 Å². The molecule has 20 heavy (non-hydrogen) atoms. The first-order chi connectivity index (χ1) is 9.78. The highest BCUT2D eigenvalue weighted by atomic mass is 16.5. The molecule has 1 saturated heterocycles. The van der Waals surface area contributed by atoms with Crippen molar-refractivity contribution in [2.24, 2.45) is 0 Å². The van der Waals surface area contributed by atoms with Crippen molar-refractivity contribution in [1.29, 1.82) is 0 Å². The van der Waals surface area contributed by atoms with Gasteiger partial charge in [0.05, 0.1) is 23.8 Å². The summed E-state index contributed by atoms with van der Waals surface area (Å²) < 4.78 is 11.3. The van der Waals surface area contributed by atoms with E-state index in [1.165, 1.54) is 0 Å². The molecule has 0 N–H and O–H groups in total. The summed E-state index contributed by atoms with van der Waals surface area (Å²) in [6.45, 7) is 5.57. The molecule has 5 heteroatoms. The van der Waals surface area contributed by atoms with Gasteiger partial charge in [0.25, 0.3) is 0 Å². The van der Waals surface area contributed by atoms with Crippen LogP contribution in [0.3, 0.4) is 0 Å². The van der Waals surface area contributed by atoms with Gasteiger partial charge < -0.3 is 9.15 Å². The number of aryl methyl sites for hydroxylation is 2. The summed E-state index contributed by atoms with van der Waals surface area (Å²) in [4.78, 5) is 4.54. The second-order valence-corrected chi connectivity index (χ2v) is 5.15. The monoisotopic (exact) mass is 273 g/mol. The van der Waals surface area contributed by atoms with Crippen LogP contribution in [-0.4, -0.2) is 28.4 Å². The van der Waals surface area contributed by atoms with Gasteiger partial charge in [0, 0.05) is 12.3 Å². The molecule has 0 saturated carbocycles. The van der Waals surface area contributed by atoms with Gasteiger partial charge in [-0.25, -0.2) is 0 Å². The largest absolute Gasteiger partial charge is 0.420 e. The first kappa shape index (κ1) is 13.2. The number of rotatable bonds is 3. The SMILES string of the molecule is CCc1ccc(-c2nnc(C3CCCOC3)o2)c(C)n1. The van der Waals surface area contributed by atoms with Crippen LogP contribution >= 0.6 is 0 Å². The summed E-state index contributed by atoms with van der Waals surface area (Å²) in [7, 11) is 0. The summed E-state index contributed by atoms with van der Waals surface area (Å²) in [6, 6.07) is 4.02. The molecular formula is C15H19N3O2. The summed E-state index contributed by atoms with van der Waals surface area (Å²) >= 11 is 0. The van der Waals surface area contributed by atoms with E-state index in [-0.39, 0.29) is 5.92 Å². The Balaban J connectivity index is 1.85. The summed E-state index contributed by atoms with van der Waals surface area (Å²) in [5.41, 5.74) is 2.92. The molecule has 5 nitrogen and oxygen atoms in total. The Kier molecular flexibility index (Phi) is 3.78. The Bertz CT molecular complexity index is 589. The molecule has 1 aliphatic heterocycles. The molecular weight excluding hydrogens is 254 g/mol. The molecule has 106 valence electrons. The van der Waals surface area contributed by atoms with E-state index in [4.69, 9.17) is 9.15 Å². The van der Waals surface area contributed by atoms with E-state index in [1.807, 2.05) is 19.1 Å². The maximum Gasteiger partial charge on any atom is 0.249 e. The molecule has 1 unspecified atom stereocenters. The van der Waals surface area contributed by atoms with Gasteiger partial charge >= 0.3 is 0 Å². The molecule has 0 radical (unpaired) electrons. The topological polar surface area (TPSA) is 61.0 Å². The van der Waals surface area contributed by atoms with Crippen LogP contribution in [0.15, 0.2) is 16.5 Å². The van der Waals surface area contributed by atoms with Crippen molar-refractivity contribution in [3.63, 3.8) is 0 Å². The zero-order valence-electron chi connectivity index (χ0n) is 11.9. The number of ether oxygens (including phenoxy) is 1. The summed E-state index contributed by atoms with van der Waals surface area (Å²) in [6.07, 6.45) is 3.03. The van der Waals surface area contributed by atoms with Crippen LogP contribution in [-0.2, 0) is 11.2 Å². The van der Waals surface area contributed by atoms with E-state index < -0.39 is 0 Å². The summed E-state index contributed by atoms with van der Waals surface area (Å²) in [5.74, 6) is 1.46. The Morgan fingerprint density at radius 2 is 2.20 bits per heavy atom. The highest BCUT2D eigenvalue weighted by Gasteiger charge is 2.22. The fourth-order valence-electron chi connectivity index (χ4n) is 2.48. The fourth-order valence-corrected chi connectivity index (χ4v) is 2.48. The average Bonchev–Trinajstić information content (AvgIpc) is 2.97. The molecule has 0 spiro atoms. The Hall–Kier alpha value is -1.75. The first-order valence-electron chi connectivity index (χ1n) is 7.16. The van der Waals surface area contributed by atoms with Gasteiger partial charge in [0.15, 0.2) is 0 Å². The van der Waals surface area contributed by atoms with Crippen LogP contribution in [0.4, 0.5) is 0 Å². The average molecular weight is 273 g/mol. The zero-order valence-corrected chi connectivity index (χ0v) is 11.9. The minimum Gasteiger partial charge on any atom is -0.420 e. The van der Waals surface area contributed by atoms with Gasteiger partial charge in [-0.15, -0.1) is 10.2 Å². The van der Waals surface area contributed by atoms with E-state index in [0.29, 0.717) is 18.4 Å². The van der Waals surface area contributed by atoms with Crippen molar-refractivity contribution in [2.45, 2.75) is 39.0 Å². The second kappa shape index (κ2) is 5.71. The molecule has 0 aromatic carbocycles. The lowest BCUT2D eigenvalue weighted by Gasteiger charge is -2.18. The molecule has 3 rings (SSSR count). The highest BCUT2D eigenvalue weighted by molar-refractivity contribution is 5.55. The van der Waals surface area contributed by atoms with Crippen molar-refractivity contribution in [3.8, 4) is 11.5 Å². The lowest BCUT2D eigenvalue weighted by Crippen LogP contribution is -2.15. The highest BCUT2D eigenvalue weighted by Crippen LogP contribution is 2.28. The normalized spacial score (nSPS) is 19.2. The van der Waals surface area contributed by atoms with Crippen molar-refractivity contribution in [2.75, 3.05) is 13.2 Å². The lowest BCUT2D eigenvalue weighted by molar-refractivity contribution is 0.0727. The van der Waals surface area contributed by atoms with Crippen molar-refractivity contribution >= 4 is 0 Å². The zero-order chi connectivity index (χ0) is 13.9. The molecule has 3 heterocycles. The fraction of sp³-hybridized carbons (Fsp3) is 0.533. The minimum absolute atomic E-state index is 0.230. The van der Waals surface area contributed by atoms with Gasteiger partial charge in [0.1, 0.15) is 0 Å². The second-order valence-electron chi connectivity index (χ2n) is 5.15. The van der Waals surface area contributed by atoms with Crippen LogP contribution in [0, 0.1) is 6.92 Å². The van der Waals surface area contributed by atoms with Crippen LogP contribution in [0.1, 0.15) is 43.0 Å². The quantitative estimate of drug-likeness (QED) is 0.860. The number of hydrogen-bond acceptors (Lipinski definition) is 5. The standard InChI is InChI=1S/C15H19N3O2/c1-3-12-6-7-13(10(2)16-12)15-18-17-14(20-15)11-5-4-8-19-9-11/h6-7,11H,3-5,8-9H2,1-2H3. The molecule has 2 aromatic rings.